The highest BCUT2D eigenvalue weighted by molar-refractivity contribution is 5.39. The zero-order valence-corrected chi connectivity index (χ0v) is 11.5. The Bertz CT molecular complexity index is 541. The number of ether oxygens (including phenoxy) is 1. The van der Waals surface area contributed by atoms with Gasteiger partial charge in [-0.15, -0.1) is 0 Å². The lowest BCUT2D eigenvalue weighted by Gasteiger charge is -2.12. The minimum Gasteiger partial charge on any atom is -0.457 e. The van der Waals surface area contributed by atoms with E-state index in [-0.39, 0.29) is 0 Å². The molecule has 2 aromatic rings. The molecule has 0 spiro atoms. The molecule has 1 heteroatoms. The summed E-state index contributed by atoms with van der Waals surface area (Å²) in [5.41, 5.74) is 3.88. The molecule has 0 saturated carbocycles. The standard InChI is InChI=1S/C17H20O/c1-12(2)17-9-8-16(11-14(17)4)18-15-7-5-6-13(3)10-15/h5-12H,1-4H3. The van der Waals surface area contributed by atoms with Crippen LogP contribution in [0.2, 0.25) is 0 Å². The number of hydrogen-bond donors (Lipinski definition) is 0. The van der Waals surface area contributed by atoms with Crippen molar-refractivity contribution in [1.82, 2.24) is 0 Å². The van der Waals surface area contributed by atoms with E-state index in [4.69, 9.17) is 4.74 Å². The highest BCUT2D eigenvalue weighted by Crippen LogP contribution is 2.27. The largest absolute Gasteiger partial charge is 0.457 e. The van der Waals surface area contributed by atoms with Gasteiger partial charge in [0.25, 0.3) is 0 Å². The third-order valence-electron chi connectivity index (χ3n) is 3.09. The Morgan fingerprint density at radius 1 is 0.889 bits per heavy atom. The van der Waals surface area contributed by atoms with Crippen LogP contribution in [-0.4, -0.2) is 0 Å². The fraction of sp³-hybridized carbons (Fsp3) is 0.294. The van der Waals surface area contributed by atoms with E-state index in [1.165, 1.54) is 16.7 Å². The Kier molecular flexibility index (Phi) is 3.71. The number of aryl methyl sites for hydroxylation is 2. The van der Waals surface area contributed by atoms with E-state index in [2.05, 4.69) is 45.9 Å². The smallest absolute Gasteiger partial charge is 0.127 e. The second-order valence-corrected chi connectivity index (χ2v) is 5.09. The quantitative estimate of drug-likeness (QED) is 0.714. The molecule has 0 N–H and O–H groups in total. The Hall–Kier alpha value is -1.76. The van der Waals surface area contributed by atoms with Crippen molar-refractivity contribution in [3.05, 3.63) is 59.2 Å². The topological polar surface area (TPSA) is 9.23 Å². The highest BCUT2D eigenvalue weighted by Gasteiger charge is 2.05. The Morgan fingerprint density at radius 3 is 2.22 bits per heavy atom. The molecule has 0 aromatic heterocycles. The first-order chi connectivity index (χ1) is 8.56. The van der Waals surface area contributed by atoms with Crippen LogP contribution in [0.5, 0.6) is 11.5 Å². The molecule has 0 fully saturated rings. The van der Waals surface area contributed by atoms with Gasteiger partial charge in [0.05, 0.1) is 0 Å². The third-order valence-corrected chi connectivity index (χ3v) is 3.09. The lowest BCUT2D eigenvalue weighted by Crippen LogP contribution is -1.93. The third kappa shape index (κ3) is 2.92. The molecular formula is C17H20O. The van der Waals surface area contributed by atoms with Crippen LogP contribution in [0.25, 0.3) is 0 Å². The predicted molar refractivity (Wildman–Crippen MR) is 76.5 cm³/mol. The summed E-state index contributed by atoms with van der Waals surface area (Å²) in [6.45, 7) is 8.63. The van der Waals surface area contributed by atoms with Gasteiger partial charge >= 0.3 is 0 Å². The van der Waals surface area contributed by atoms with Crippen molar-refractivity contribution in [2.24, 2.45) is 0 Å². The van der Waals surface area contributed by atoms with E-state index in [1.807, 2.05) is 24.3 Å². The van der Waals surface area contributed by atoms with Gasteiger partial charge in [0, 0.05) is 0 Å². The van der Waals surface area contributed by atoms with E-state index >= 15 is 0 Å². The molecule has 0 atom stereocenters. The average molecular weight is 240 g/mol. The van der Waals surface area contributed by atoms with Gasteiger partial charge in [-0.25, -0.2) is 0 Å². The monoisotopic (exact) mass is 240 g/mol. The first kappa shape index (κ1) is 12.7. The molecule has 0 heterocycles. The zero-order chi connectivity index (χ0) is 13.1. The van der Waals surface area contributed by atoms with E-state index in [0.29, 0.717) is 5.92 Å². The lowest BCUT2D eigenvalue weighted by molar-refractivity contribution is 0.481. The van der Waals surface area contributed by atoms with Gasteiger partial charge in [-0.2, -0.15) is 0 Å². The van der Waals surface area contributed by atoms with Gasteiger partial charge in [0.15, 0.2) is 0 Å². The van der Waals surface area contributed by atoms with E-state index in [0.717, 1.165) is 11.5 Å². The van der Waals surface area contributed by atoms with Gasteiger partial charge in [-0.05, 0) is 60.7 Å². The molecule has 2 rings (SSSR count). The van der Waals surface area contributed by atoms with Crippen LogP contribution >= 0.6 is 0 Å². The van der Waals surface area contributed by atoms with Crippen molar-refractivity contribution in [3.8, 4) is 11.5 Å². The van der Waals surface area contributed by atoms with Crippen molar-refractivity contribution in [2.45, 2.75) is 33.6 Å². The summed E-state index contributed by atoms with van der Waals surface area (Å²) >= 11 is 0. The van der Waals surface area contributed by atoms with Crippen molar-refractivity contribution in [2.75, 3.05) is 0 Å². The molecule has 0 aliphatic carbocycles. The van der Waals surface area contributed by atoms with Crippen LogP contribution < -0.4 is 4.74 Å². The normalized spacial score (nSPS) is 10.7. The molecule has 1 nitrogen and oxygen atoms in total. The van der Waals surface area contributed by atoms with Gasteiger partial charge in [0.2, 0.25) is 0 Å². The highest BCUT2D eigenvalue weighted by atomic mass is 16.5. The maximum Gasteiger partial charge on any atom is 0.127 e. The van der Waals surface area contributed by atoms with Crippen molar-refractivity contribution in [1.29, 1.82) is 0 Å². The van der Waals surface area contributed by atoms with Gasteiger partial charge in [0.1, 0.15) is 11.5 Å². The summed E-state index contributed by atoms with van der Waals surface area (Å²) in [5.74, 6) is 2.35. The molecule has 94 valence electrons. The summed E-state index contributed by atoms with van der Waals surface area (Å²) < 4.78 is 5.87. The zero-order valence-electron chi connectivity index (χ0n) is 11.5. The van der Waals surface area contributed by atoms with Gasteiger partial charge in [-0.3, -0.25) is 0 Å². The fourth-order valence-corrected chi connectivity index (χ4v) is 2.17. The molecule has 18 heavy (non-hydrogen) atoms. The Labute approximate surface area is 109 Å². The molecule has 0 saturated heterocycles. The van der Waals surface area contributed by atoms with Crippen LogP contribution in [0.1, 0.15) is 36.5 Å². The second-order valence-electron chi connectivity index (χ2n) is 5.09. The van der Waals surface area contributed by atoms with Crippen LogP contribution in [0.15, 0.2) is 42.5 Å². The predicted octanol–water partition coefficient (Wildman–Crippen LogP) is 5.22. The fourth-order valence-electron chi connectivity index (χ4n) is 2.17. The number of hydrogen-bond acceptors (Lipinski definition) is 1. The van der Waals surface area contributed by atoms with Gasteiger partial charge in [-0.1, -0.05) is 32.0 Å². The summed E-state index contributed by atoms with van der Waals surface area (Å²) in [6.07, 6.45) is 0. The van der Waals surface area contributed by atoms with Gasteiger partial charge < -0.3 is 4.74 Å². The second kappa shape index (κ2) is 5.26. The summed E-state index contributed by atoms with van der Waals surface area (Å²) in [6, 6.07) is 14.4. The first-order valence-corrected chi connectivity index (χ1v) is 6.41. The van der Waals surface area contributed by atoms with E-state index in [1.54, 1.807) is 0 Å². The lowest BCUT2D eigenvalue weighted by atomic mass is 9.98. The Balaban J connectivity index is 2.23. The molecule has 0 unspecified atom stereocenters. The first-order valence-electron chi connectivity index (χ1n) is 6.41. The minimum atomic E-state index is 0.554. The SMILES string of the molecule is Cc1cccc(Oc2ccc(C(C)C)c(C)c2)c1. The van der Waals surface area contributed by atoms with Crippen molar-refractivity contribution >= 4 is 0 Å². The Morgan fingerprint density at radius 2 is 1.61 bits per heavy atom. The van der Waals surface area contributed by atoms with E-state index in [9.17, 15) is 0 Å². The summed E-state index contributed by atoms with van der Waals surface area (Å²) in [7, 11) is 0. The molecule has 0 aliphatic heterocycles. The average Bonchev–Trinajstić information content (AvgIpc) is 2.28. The molecule has 0 aliphatic rings. The minimum absolute atomic E-state index is 0.554. The number of benzene rings is 2. The number of rotatable bonds is 3. The molecular weight excluding hydrogens is 220 g/mol. The summed E-state index contributed by atoms with van der Waals surface area (Å²) in [4.78, 5) is 0. The van der Waals surface area contributed by atoms with Crippen LogP contribution in [-0.2, 0) is 0 Å². The van der Waals surface area contributed by atoms with E-state index < -0.39 is 0 Å². The van der Waals surface area contributed by atoms with Crippen LogP contribution in [0, 0.1) is 13.8 Å². The van der Waals surface area contributed by atoms with Crippen molar-refractivity contribution < 1.29 is 4.74 Å². The molecule has 2 aromatic carbocycles. The molecule has 0 radical (unpaired) electrons. The van der Waals surface area contributed by atoms with Crippen LogP contribution in [0.3, 0.4) is 0 Å². The summed E-state index contributed by atoms with van der Waals surface area (Å²) in [5, 5.41) is 0. The maximum atomic E-state index is 5.87. The maximum absolute atomic E-state index is 5.87. The molecule has 0 amide bonds. The van der Waals surface area contributed by atoms with Crippen molar-refractivity contribution in [3.63, 3.8) is 0 Å². The van der Waals surface area contributed by atoms with Crippen LogP contribution in [0.4, 0.5) is 0 Å². The molecule has 0 bridgehead atoms.